The summed E-state index contributed by atoms with van der Waals surface area (Å²) in [5.74, 6) is -4.10. The predicted molar refractivity (Wildman–Crippen MR) is 75.6 cm³/mol. The van der Waals surface area contributed by atoms with Crippen molar-refractivity contribution in [1.82, 2.24) is 0 Å². The van der Waals surface area contributed by atoms with E-state index in [1.165, 1.54) is 0 Å². The number of amides is 1. The standard InChI is InChI=1S/C13H17NO5S/c1-8-4-9(2)13(10(3)5-8)14-11(15)6-20(18,19)7-12(16)17/h4-5H,6-7H2,1-3H3,(H,14,15)(H,16,17). The van der Waals surface area contributed by atoms with Crippen LogP contribution in [-0.2, 0) is 19.4 Å². The molecule has 0 aliphatic rings. The Bertz CT molecular complexity index is 626. The number of rotatable bonds is 5. The molecule has 1 amide bonds. The van der Waals surface area contributed by atoms with E-state index < -0.39 is 33.2 Å². The molecule has 1 aromatic carbocycles. The number of aryl methyl sites for hydroxylation is 3. The molecular weight excluding hydrogens is 282 g/mol. The van der Waals surface area contributed by atoms with Crippen molar-refractivity contribution in [3.8, 4) is 0 Å². The summed E-state index contributed by atoms with van der Waals surface area (Å²) < 4.78 is 22.8. The summed E-state index contributed by atoms with van der Waals surface area (Å²) in [4.78, 5) is 22.1. The summed E-state index contributed by atoms with van der Waals surface area (Å²) in [5.41, 5.74) is 3.25. The Balaban J connectivity index is 2.85. The van der Waals surface area contributed by atoms with Gasteiger partial charge in [-0.1, -0.05) is 17.7 Å². The molecule has 1 rings (SSSR count). The van der Waals surface area contributed by atoms with Gasteiger partial charge in [-0.3, -0.25) is 9.59 Å². The van der Waals surface area contributed by atoms with Crippen LogP contribution in [0.4, 0.5) is 5.69 Å². The largest absolute Gasteiger partial charge is 0.480 e. The van der Waals surface area contributed by atoms with Gasteiger partial charge in [-0.2, -0.15) is 0 Å². The zero-order valence-electron chi connectivity index (χ0n) is 11.6. The number of hydrogen-bond donors (Lipinski definition) is 2. The SMILES string of the molecule is Cc1cc(C)c(NC(=O)CS(=O)(=O)CC(=O)O)c(C)c1. The molecule has 6 nitrogen and oxygen atoms in total. The van der Waals surface area contributed by atoms with Crippen LogP contribution in [0.25, 0.3) is 0 Å². The number of carbonyl (C=O) groups is 2. The third kappa shape index (κ3) is 4.65. The van der Waals surface area contributed by atoms with Gasteiger partial charge in [-0.15, -0.1) is 0 Å². The number of carboxylic acid groups (broad SMARTS) is 1. The van der Waals surface area contributed by atoms with Crippen molar-refractivity contribution in [2.75, 3.05) is 16.8 Å². The molecule has 0 unspecified atom stereocenters. The van der Waals surface area contributed by atoms with Crippen LogP contribution in [-0.4, -0.2) is 36.9 Å². The van der Waals surface area contributed by atoms with E-state index in [9.17, 15) is 18.0 Å². The van der Waals surface area contributed by atoms with Gasteiger partial charge in [0.15, 0.2) is 9.84 Å². The van der Waals surface area contributed by atoms with Crippen molar-refractivity contribution in [3.05, 3.63) is 28.8 Å². The first-order valence-electron chi connectivity index (χ1n) is 5.90. The molecule has 0 saturated heterocycles. The van der Waals surface area contributed by atoms with E-state index in [0.717, 1.165) is 16.7 Å². The number of benzene rings is 1. The van der Waals surface area contributed by atoms with Gasteiger partial charge in [0.05, 0.1) is 0 Å². The van der Waals surface area contributed by atoms with Gasteiger partial charge in [-0.05, 0) is 31.9 Å². The van der Waals surface area contributed by atoms with Gasteiger partial charge in [0.2, 0.25) is 5.91 Å². The normalized spacial score (nSPS) is 11.2. The molecule has 7 heteroatoms. The van der Waals surface area contributed by atoms with Gasteiger partial charge in [0.25, 0.3) is 0 Å². The van der Waals surface area contributed by atoms with E-state index in [0.29, 0.717) is 5.69 Å². The molecule has 0 fully saturated rings. The highest BCUT2D eigenvalue weighted by atomic mass is 32.2. The summed E-state index contributed by atoms with van der Waals surface area (Å²) >= 11 is 0. The monoisotopic (exact) mass is 299 g/mol. The van der Waals surface area contributed by atoms with Crippen LogP contribution < -0.4 is 5.32 Å². The zero-order valence-corrected chi connectivity index (χ0v) is 12.4. The summed E-state index contributed by atoms with van der Waals surface area (Å²) in [5, 5.41) is 11.0. The van der Waals surface area contributed by atoms with E-state index >= 15 is 0 Å². The first kappa shape index (κ1) is 16.2. The highest BCUT2D eigenvalue weighted by molar-refractivity contribution is 7.92. The third-order valence-electron chi connectivity index (χ3n) is 2.64. The van der Waals surface area contributed by atoms with Crippen molar-refractivity contribution in [2.45, 2.75) is 20.8 Å². The Kier molecular flexibility index (Phi) is 4.88. The lowest BCUT2D eigenvalue weighted by atomic mass is 10.1. The lowest BCUT2D eigenvalue weighted by Crippen LogP contribution is -2.27. The van der Waals surface area contributed by atoms with Crippen LogP contribution in [0.15, 0.2) is 12.1 Å². The fourth-order valence-corrected chi connectivity index (χ4v) is 2.94. The van der Waals surface area contributed by atoms with E-state index in [4.69, 9.17) is 5.11 Å². The maximum atomic E-state index is 11.7. The molecule has 0 spiro atoms. The van der Waals surface area contributed by atoms with Crippen LogP contribution in [0, 0.1) is 20.8 Å². The minimum absolute atomic E-state index is 0.561. The Morgan fingerprint density at radius 1 is 1.10 bits per heavy atom. The smallest absolute Gasteiger partial charge is 0.318 e. The molecule has 0 bridgehead atoms. The lowest BCUT2D eigenvalue weighted by Gasteiger charge is -2.12. The van der Waals surface area contributed by atoms with Gasteiger partial charge >= 0.3 is 5.97 Å². The molecule has 2 N–H and O–H groups in total. The Labute approximate surface area is 117 Å². The number of anilines is 1. The van der Waals surface area contributed by atoms with Gasteiger partial charge in [-0.25, -0.2) is 8.42 Å². The van der Waals surface area contributed by atoms with E-state index in [1.807, 2.05) is 19.1 Å². The summed E-state index contributed by atoms with van der Waals surface area (Å²) in [6, 6.07) is 3.74. The molecule has 0 aliphatic carbocycles. The van der Waals surface area contributed by atoms with Crippen molar-refractivity contribution in [3.63, 3.8) is 0 Å². The molecule has 0 saturated carbocycles. The van der Waals surface area contributed by atoms with Crippen molar-refractivity contribution < 1.29 is 23.1 Å². The summed E-state index contributed by atoms with van der Waals surface area (Å²) in [6.07, 6.45) is 0. The maximum absolute atomic E-state index is 11.7. The molecule has 0 radical (unpaired) electrons. The number of nitrogens with one attached hydrogen (secondary N) is 1. The van der Waals surface area contributed by atoms with Crippen molar-refractivity contribution >= 4 is 27.4 Å². The second kappa shape index (κ2) is 6.04. The van der Waals surface area contributed by atoms with E-state index in [-0.39, 0.29) is 0 Å². The van der Waals surface area contributed by atoms with Gasteiger partial charge < -0.3 is 10.4 Å². The van der Waals surface area contributed by atoms with E-state index in [2.05, 4.69) is 5.32 Å². The number of sulfone groups is 1. The van der Waals surface area contributed by atoms with Gasteiger partial charge in [0.1, 0.15) is 11.5 Å². The molecule has 0 aromatic heterocycles. The predicted octanol–water partition coefficient (Wildman–Crippen LogP) is 1.05. The number of aliphatic carboxylic acids is 1. The van der Waals surface area contributed by atoms with Crippen LogP contribution in [0.5, 0.6) is 0 Å². The topological polar surface area (TPSA) is 101 Å². The Morgan fingerprint density at radius 3 is 2.05 bits per heavy atom. The van der Waals surface area contributed by atoms with Crippen molar-refractivity contribution in [2.24, 2.45) is 0 Å². The second-order valence-corrected chi connectivity index (χ2v) is 6.81. The number of carboxylic acids is 1. The third-order valence-corrected chi connectivity index (χ3v) is 4.02. The maximum Gasteiger partial charge on any atom is 0.318 e. The molecule has 1 aromatic rings. The summed E-state index contributed by atoms with van der Waals surface area (Å²) in [7, 11) is -3.95. The Morgan fingerprint density at radius 2 is 1.60 bits per heavy atom. The number of carbonyl (C=O) groups excluding carboxylic acids is 1. The molecule has 110 valence electrons. The molecule has 0 atom stereocenters. The molecule has 0 aliphatic heterocycles. The molecule has 0 heterocycles. The van der Waals surface area contributed by atoms with Crippen LogP contribution in [0.2, 0.25) is 0 Å². The Hall–Kier alpha value is -1.89. The highest BCUT2D eigenvalue weighted by Gasteiger charge is 2.21. The minimum Gasteiger partial charge on any atom is -0.480 e. The van der Waals surface area contributed by atoms with Crippen LogP contribution in [0.3, 0.4) is 0 Å². The number of hydrogen-bond acceptors (Lipinski definition) is 4. The molecule has 20 heavy (non-hydrogen) atoms. The fourth-order valence-electron chi connectivity index (χ4n) is 1.99. The first-order chi connectivity index (χ1) is 9.10. The highest BCUT2D eigenvalue weighted by Crippen LogP contribution is 2.21. The second-order valence-electron chi connectivity index (χ2n) is 4.75. The zero-order chi connectivity index (χ0) is 15.5. The average molecular weight is 299 g/mol. The van der Waals surface area contributed by atoms with Gasteiger partial charge in [0, 0.05) is 5.69 Å². The van der Waals surface area contributed by atoms with E-state index in [1.54, 1.807) is 13.8 Å². The lowest BCUT2D eigenvalue weighted by molar-refractivity contribution is -0.134. The average Bonchev–Trinajstić information content (AvgIpc) is 2.20. The van der Waals surface area contributed by atoms with Crippen LogP contribution in [0.1, 0.15) is 16.7 Å². The molecular formula is C13H17NO5S. The minimum atomic E-state index is -3.95. The quantitative estimate of drug-likeness (QED) is 0.846. The fraction of sp³-hybridized carbons (Fsp3) is 0.385. The van der Waals surface area contributed by atoms with Crippen LogP contribution >= 0.6 is 0 Å². The first-order valence-corrected chi connectivity index (χ1v) is 7.73. The summed E-state index contributed by atoms with van der Waals surface area (Å²) in [6.45, 7) is 5.53. The van der Waals surface area contributed by atoms with Crippen molar-refractivity contribution in [1.29, 1.82) is 0 Å².